The van der Waals surface area contributed by atoms with Gasteiger partial charge in [0.2, 0.25) is 17.8 Å². The molecule has 0 saturated carbocycles. The highest BCUT2D eigenvalue weighted by Crippen LogP contribution is 2.07. The Morgan fingerprint density at radius 1 is 1.32 bits per heavy atom. The van der Waals surface area contributed by atoms with Gasteiger partial charge in [-0.15, -0.1) is 0 Å². The highest BCUT2D eigenvalue weighted by atomic mass is 16.5. The van der Waals surface area contributed by atoms with Gasteiger partial charge in [-0.05, 0) is 6.92 Å². The van der Waals surface area contributed by atoms with Crippen LogP contribution in [0.1, 0.15) is 6.92 Å². The predicted molar refractivity (Wildman–Crippen MR) is 69.7 cm³/mol. The maximum absolute atomic E-state index is 5.34. The summed E-state index contributed by atoms with van der Waals surface area (Å²) in [5.74, 6) is 6.47. The number of nitrogens with two attached hydrogens (primary N) is 1. The Balaban J connectivity index is 2.12. The van der Waals surface area contributed by atoms with Crippen molar-refractivity contribution in [3.8, 4) is 5.95 Å². The smallest absolute Gasteiger partial charge is 0.243 e. The number of ether oxygens (including phenoxy) is 1. The van der Waals surface area contributed by atoms with Gasteiger partial charge in [0.25, 0.3) is 0 Å². The van der Waals surface area contributed by atoms with Crippen molar-refractivity contribution in [3.05, 3.63) is 18.7 Å². The summed E-state index contributed by atoms with van der Waals surface area (Å²) in [6.45, 7) is 3.80. The van der Waals surface area contributed by atoms with Crippen LogP contribution in [0.4, 0.5) is 11.9 Å². The Labute approximate surface area is 110 Å². The van der Waals surface area contributed by atoms with Gasteiger partial charge in [-0.25, -0.2) is 10.8 Å². The van der Waals surface area contributed by atoms with Gasteiger partial charge in [0.05, 0.1) is 6.61 Å². The molecule has 102 valence electrons. The molecular weight excluding hydrogens is 248 g/mol. The lowest BCUT2D eigenvalue weighted by atomic mass is 10.6. The van der Waals surface area contributed by atoms with E-state index in [0.29, 0.717) is 31.7 Å². The molecule has 0 aliphatic rings. The van der Waals surface area contributed by atoms with Crippen molar-refractivity contribution in [1.29, 1.82) is 0 Å². The molecule has 0 bridgehead atoms. The Kier molecular flexibility index (Phi) is 4.59. The van der Waals surface area contributed by atoms with Gasteiger partial charge in [-0.3, -0.25) is 9.99 Å². The molecule has 9 nitrogen and oxygen atoms in total. The number of imidazole rings is 1. The molecule has 0 radical (unpaired) electrons. The standard InChI is InChI=1S/C10H16N8O/c1-2-19-6-4-13-8-14-9(17-11)16-10(15-8)18-5-3-12-7-18/h3,5,7H,2,4,6,11H2,1H3,(H2,13,14,15,16,17). The summed E-state index contributed by atoms with van der Waals surface area (Å²) in [4.78, 5) is 16.4. The van der Waals surface area contributed by atoms with Crippen LogP contribution < -0.4 is 16.6 Å². The van der Waals surface area contributed by atoms with Gasteiger partial charge in [-0.2, -0.15) is 15.0 Å². The van der Waals surface area contributed by atoms with Crippen molar-refractivity contribution < 1.29 is 4.74 Å². The minimum atomic E-state index is 0.276. The van der Waals surface area contributed by atoms with E-state index in [1.807, 2.05) is 6.92 Å². The molecule has 19 heavy (non-hydrogen) atoms. The van der Waals surface area contributed by atoms with E-state index in [-0.39, 0.29) is 5.95 Å². The van der Waals surface area contributed by atoms with Gasteiger partial charge in [0.1, 0.15) is 6.33 Å². The van der Waals surface area contributed by atoms with Gasteiger partial charge in [-0.1, -0.05) is 0 Å². The van der Waals surface area contributed by atoms with Crippen molar-refractivity contribution in [2.75, 3.05) is 30.5 Å². The lowest BCUT2D eigenvalue weighted by Crippen LogP contribution is -2.17. The molecule has 2 rings (SSSR count). The summed E-state index contributed by atoms with van der Waals surface area (Å²) >= 11 is 0. The molecule has 2 aromatic heterocycles. The second-order valence-electron chi connectivity index (χ2n) is 3.52. The van der Waals surface area contributed by atoms with Crippen molar-refractivity contribution >= 4 is 11.9 Å². The molecular formula is C10H16N8O. The molecule has 0 saturated heterocycles. The lowest BCUT2D eigenvalue weighted by molar-refractivity contribution is 0.158. The van der Waals surface area contributed by atoms with Gasteiger partial charge in [0, 0.05) is 25.5 Å². The lowest BCUT2D eigenvalue weighted by Gasteiger charge is -2.08. The average Bonchev–Trinajstić information content (AvgIpc) is 2.97. The van der Waals surface area contributed by atoms with E-state index in [1.54, 1.807) is 23.3 Å². The SMILES string of the molecule is CCOCCNc1nc(NN)nc(-n2ccnc2)n1. The highest BCUT2D eigenvalue weighted by molar-refractivity contribution is 5.37. The molecule has 0 spiro atoms. The van der Waals surface area contributed by atoms with Gasteiger partial charge >= 0.3 is 0 Å². The first-order valence-corrected chi connectivity index (χ1v) is 5.86. The van der Waals surface area contributed by atoms with E-state index in [4.69, 9.17) is 10.6 Å². The van der Waals surface area contributed by atoms with E-state index in [9.17, 15) is 0 Å². The van der Waals surface area contributed by atoms with Gasteiger partial charge < -0.3 is 10.1 Å². The minimum Gasteiger partial charge on any atom is -0.380 e. The van der Waals surface area contributed by atoms with E-state index in [2.05, 4.69) is 30.7 Å². The summed E-state index contributed by atoms with van der Waals surface area (Å²) in [5, 5.41) is 3.04. The Hall–Kier alpha value is -2.26. The van der Waals surface area contributed by atoms with Crippen LogP contribution in [0.15, 0.2) is 18.7 Å². The van der Waals surface area contributed by atoms with Crippen LogP contribution in [0.2, 0.25) is 0 Å². The van der Waals surface area contributed by atoms with E-state index in [1.165, 1.54) is 0 Å². The van der Waals surface area contributed by atoms with Crippen LogP contribution >= 0.6 is 0 Å². The molecule has 4 N–H and O–H groups in total. The predicted octanol–water partition coefficient (Wildman–Crippen LogP) is -0.209. The molecule has 0 unspecified atom stereocenters. The number of nitrogens with zero attached hydrogens (tertiary/aromatic N) is 5. The molecule has 0 aromatic carbocycles. The normalized spacial score (nSPS) is 10.4. The van der Waals surface area contributed by atoms with E-state index in [0.717, 1.165) is 0 Å². The van der Waals surface area contributed by atoms with Crippen LogP contribution in [0, 0.1) is 0 Å². The Morgan fingerprint density at radius 2 is 2.16 bits per heavy atom. The maximum atomic E-state index is 5.34. The summed E-state index contributed by atoms with van der Waals surface area (Å²) < 4.78 is 6.89. The molecule has 0 amide bonds. The summed E-state index contributed by atoms with van der Waals surface area (Å²) in [6.07, 6.45) is 4.97. The monoisotopic (exact) mass is 264 g/mol. The quantitative estimate of drug-likeness (QED) is 0.357. The van der Waals surface area contributed by atoms with Crippen molar-refractivity contribution in [2.45, 2.75) is 6.92 Å². The fourth-order valence-corrected chi connectivity index (χ4v) is 1.38. The zero-order chi connectivity index (χ0) is 13.5. The van der Waals surface area contributed by atoms with E-state index < -0.39 is 0 Å². The zero-order valence-corrected chi connectivity index (χ0v) is 10.6. The van der Waals surface area contributed by atoms with Crippen LogP contribution in [0.5, 0.6) is 0 Å². The van der Waals surface area contributed by atoms with Crippen LogP contribution in [0.3, 0.4) is 0 Å². The number of hydrogen-bond donors (Lipinski definition) is 3. The number of nitrogens with one attached hydrogen (secondary N) is 2. The first-order valence-electron chi connectivity index (χ1n) is 5.86. The third-order valence-electron chi connectivity index (χ3n) is 2.22. The fourth-order valence-electron chi connectivity index (χ4n) is 1.38. The largest absolute Gasteiger partial charge is 0.380 e. The maximum Gasteiger partial charge on any atom is 0.243 e. The summed E-state index contributed by atoms with van der Waals surface area (Å²) in [5.41, 5.74) is 2.40. The second-order valence-corrected chi connectivity index (χ2v) is 3.52. The number of rotatable bonds is 7. The average molecular weight is 264 g/mol. The molecule has 2 heterocycles. The molecule has 0 atom stereocenters. The zero-order valence-electron chi connectivity index (χ0n) is 10.6. The van der Waals surface area contributed by atoms with Crippen LogP contribution in [0.25, 0.3) is 5.95 Å². The third-order valence-corrected chi connectivity index (χ3v) is 2.22. The number of aromatic nitrogens is 5. The van der Waals surface area contributed by atoms with Crippen molar-refractivity contribution in [2.24, 2.45) is 5.84 Å². The highest BCUT2D eigenvalue weighted by Gasteiger charge is 2.06. The second kappa shape index (κ2) is 6.61. The Bertz CT molecular complexity index is 500. The summed E-state index contributed by atoms with van der Waals surface area (Å²) in [6, 6.07) is 0. The fraction of sp³-hybridized carbons (Fsp3) is 0.400. The topological polar surface area (TPSA) is 116 Å². The first-order chi connectivity index (χ1) is 9.33. The van der Waals surface area contributed by atoms with Crippen molar-refractivity contribution in [1.82, 2.24) is 24.5 Å². The third kappa shape index (κ3) is 3.60. The van der Waals surface area contributed by atoms with E-state index >= 15 is 0 Å². The molecule has 0 aliphatic heterocycles. The molecule has 0 fully saturated rings. The van der Waals surface area contributed by atoms with Crippen molar-refractivity contribution in [3.63, 3.8) is 0 Å². The minimum absolute atomic E-state index is 0.276. The first kappa shape index (κ1) is 13.2. The molecule has 9 heteroatoms. The number of nitrogen functional groups attached to an aromatic ring is 1. The van der Waals surface area contributed by atoms with Crippen LogP contribution in [-0.4, -0.2) is 44.3 Å². The Morgan fingerprint density at radius 3 is 2.84 bits per heavy atom. The number of hydrazine groups is 1. The molecule has 0 aliphatic carbocycles. The number of hydrogen-bond acceptors (Lipinski definition) is 8. The van der Waals surface area contributed by atoms with Crippen LogP contribution in [-0.2, 0) is 4.74 Å². The number of anilines is 2. The van der Waals surface area contributed by atoms with Gasteiger partial charge in [0.15, 0.2) is 0 Å². The molecule has 2 aromatic rings. The summed E-state index contributed by atoms with van der Waals surface area (Å²) in [7, 11) is 0.